The number of benzene rings is 2. The summed E-state index contributed by atoms with van der Waals surface area (Å²) in [4.78, 5) is 0. The molecule has 0 bridgehead atoms. The van der Waals surface area contributed by atoms with Crippen LogP contribution in [0.5, 0.6) is 5.75 Å². The van der Waals surface area contributed by atoms with Gasteiger partial charge in [0.05, 0.1) is 24.3 Å². The maximum absolute atomic E-state index is 9.41. The van der Waals surface area contributed by atoms with Crippen LogP contribution >= 0.6 is 0 Å². The van der Waals surface area contributed by atoms with Crippen LogP contribution in [0.3, 0.4) is 0 Å². The summed E-state index contributed by atoms with van der Waals surface area (Å²) in [5.74, 6) is 0.860. The number of rotatable bonds is 6. The van der Waals surface area contributed by atoms with Crippen LogP contribution in [0.15, 0.2) is 30.3 Å². The fraction of sp³-hybridized carbons (Fsp3) is 0.409. The van der Waals surface area contributed by atoms with Crippen LogP contribution in [-0.4, -0.2) is 24.4 Å². The Labute approximate surface area is 155 Å². The zero-order valence-electron chi connectivity index (χ0n) is 15.7. The minimum Gasteiger partial charge on any atom is -0.490 e. The average Bonchev–Trinajstić information content (AvgIpc) is 3.04. The van der Waals surface area contributed by atoms with Crippen molar-refractivity contribution in [3.05, 3.63) is 52.6 Å². The Morgan fingerprint density at radius 2 is 2.12 bits per heavy atom. The third kappa shape index (κ3) is 3.60. The van der Waals surface area contributed by atoms with Gasteiger partial charge in [-0.05, 0) is 68.0 Å². The maximum atomic E-state index is 9.41. The molecule has 1 atom stereocenters. The molecule has 2 N–H and O–H groups in total. The molecule has 136 valence electrons. The Balaban J connectivity index is 2.12. The number of hydrogen-bond acceptors (Lipinski definition) is 4. The van der Waals surface area contributed by atoms with Gasteiger partial charge in [-0.15, -0.1) is 0 Å². The van der Waals surface area contributed by atoms with Crippen molar-refractivity contribution in [2.45, 2.75) is 45.8 Å². The number of aliphatic hydroxyl groups excluding tert-OH is 1. The van der Waals surface area contributed by atoms with E-state index in [1.165, 1.54) is 11.1 Å². The van der Waals surface area contributed by atoms with Gasteiger partial charge in [0.25, 0.3) is 0 Å². The van der Waals surface area contributed by atoms with Gasteiger partial charge in [-0.25, -0.2) is 0 Å². The molecule has 0 aliphatic heterocycles. The summed E-state index contributed by atoms with van der Waals surface area (Å²) >= 11 is 0. The fourth-order valence-electron chi connectivity index (χ4n) is 3.79. The third-order valence-corrected chi connectivity index (χ3v) is 4.82. The van der Waals surface area contributed by atoms with Crippen molar-refractivity contribution in [3.8, 4) is 22.9 Å². The van der Waals surface area contributed by atoms with Crippen molar-refractivity contribution in [3.63, 3.8) is 0 Å². The van der Waals surface area contributed by atoms with E-state index in [1.807, 2.05) is 32.9 Å². The monoisotopic (exact) mass is 350 g/mol. The number of hydrogen-bond donors (Lipinski definition) is 2. The van der Waals surface area contributed by atoms with Crippen LogP contribution in [0.4, 0.5) is 0 Å². The molecule has 0 aromatic heterocycles. The quantitative estimate of drug-likeness (QED) is 0.829. The van der Waals surface area contributed by atoms with E-state index < -0.39 is 0 Å². The first-order chi connectivity index (χ1) is 12.5. The summed E-state index contributed by atoms with van der Waals surface area (Å²) in [6.45, 7) is 6.77. The molecule has 0 heterocycles. The zero-order chi connectivity index (χ0) is 18.7. The van der Waals surface area contributed by atoms with Gasteiger partial charge in [0.2, 0.25) is 0 Å². The summed E-state index contributed by atoms with van der Waals surface area (Å²) in [5, 5.41) is 21.9. The number of aliphatic hydroxyl groups is 1. The second-order valence-electron chi connectivity index (χ2n) is 7.09. The topological polar surface area (TPSA) is 65.3 Å². The molecule has 0 saturated carbocycles. The Hall–Kier alpha value is -2.35. The van der Waals surface area contributed by atoms with E-state index >= 15 is 0 Å². The van der Waals surface area contributed by atoms with Crippen molar-refractivity contribution in [2.75, 3.05) is 13.2 Å². The Bertz CT molecular complexity index is 837. The van der Waals surface area contributed by atoms with Crippen LogP contribution in [-0.2, 0) is 6.42 Å². The summed E-state index contributed by atoms with van der Waals surface area (Å²) in [7, 11) is 0. The molecule has 0 fully saturated rings. The Morgan fingerprint density at radius 3 is 2.81 bits per heavy atom. The minimum atomic E-state index is 0.0658. The molecule has 4 heteroatoms. The summed E-state index contributed by atoms with van der Waals surface area (Å²) in [6.07, 6.45) is 2.06. The van der Waals surface area contributed by atoms with Crippen molar-refractivity contribution >= 4 is 0 Å². The molecule has 0 amide bonds. The standard InChI is InChI=1S/C22H26N2O2/c1-14(2)26-22-15(3)11-16(13-23)12-20(22)17-5-4-6-19-18(17)7-8-21(19)24-9-10-25/h4-6,11-12,14,21,24-25H,7-10H2,1-3H3/t21-/m0/s1. The lowest BCUT2D eigenvalue weighted by atomic mass is 9.93. The highest BCUT2D eigenvalue weighted by atomic mass is 16.5. The summed E-state index contributed by atoms with van der Waals surface area (Å²) in [5.41, 5.74) is 6.37. The maximum Gasteiger partial charge on any atom is 0.130 e. The van der Waals surface area contributed by atoms with Gasteiger partial charge < -0.3 is 15.2 Å². The third-order valence-electron chi connectivity index (χ3n) is 4.82. The van der Waals surface area contributed by atoms with Crippen molar-refractivity contribution in [2.24, 2.45) is 0 Å². The fourth-order valence-corrected chi connectivity index (χ4v) is 3.79. The van der Waals surface area contributed by atoms with Crippen LogP contribution in [0.2, 0.25) is 0 Å². The highest BCUT2D eigenvalue weighted by molar-refractivity contribution is 5.78. The van der Waals surface area contributed by atoms with Gasteiger partial charge in [0, 0.05) is 18.2 Å². The van der Waals surface area contributed by atoms with Gasteiger partial charge >= 0.3 is 0 Å². The van der Waals surface area contributed by atoms with Crippen molar-refractivity contribution in [1.29, 1.82) is 5.26 Å². The average molecular weight is 350 g/mol. The van der Waals surface area contributed by atoms with Gasteiger partial charge in [-0.3, -0.25) is 0 Å². The molecule has 0 radical (unpaired) electrons. The summed E-state index contributed by atoms with van der Waals surface area (Å²) in [6, 6.07) is 12.7. The van der Waals surface area contributed by atoms with Gasteiger partial charge in [-0.2, -0.15) is 5.26 Å². The lowest BCUT2D eigenvalue weighted by Gasteiger charge is -2.20. The molecule has 0 spiro atoms. The second-order valence-corrected chi connectivity index (χ2v) is 7.09. The van der Waals surface area contributed by atoms with E-state index in [0.717, 1.165) is 35.3 Å². The van der Waals surface area contributed by atoms with Crippen LogP contribution < -0.4 is 10.1 Å². The molecular weight excluding hydrogens is 324 g/mol. The first-order valence-electron chi connectivity index (χ1n) is 9.23. The van der Waals surface area contributed by atoms with E-state index in [0.29, 0.717) is 12.1 Å². The minimum absolute atomic E-state index is 0.0658. The second kappa shape index (κ2) is 7.90. The molecule has 4 nitrogen and oxygen atoms in total. The molecule has 0 unspecified atom stereocenters. The lowest BCUT2D eigenvalue weighted by Crippen LogP contribution is -2.22. The lowest BCUT2D eigenvalue weighted by molar-refractivity contribution is 0.242. The highest BCUT2D eigenvalue weighted by Crippen LogP contribution is 2.42. The Morgan fingerprint density at radius 1 is 1.31 bits per heavy atom. The molecular formula is C22H26N2O2. The van der Waals surface area contributed by atoms with E-state index in [1.54, 1.807) is 0 Å². The van der Waals surface area contributed by atoms with E-state index in [2.05, 4.69) is 29.6 Å². The normalized spacial score (nSPS) is 15.8. The molecule has 0 saturated heterocycles. The number of ether oxygens (including phenoxy) is 1. The largest absolute Gasteiger partial charge is 0.490 e. The first-order valence-corrected chi connectivity index (χ1v) is 9.23. The Kier molecular flexibility index (Phi) is 5.61. The number of aryl methyl sites for hydroxylation is 1. The predicted molar refractivity (Wildman–Crippen MR) is 103 cm³/mol. The van der Waals surface area contributed by atoms with Gasteiger partial charge in [0.15, 0.2) is 0 Å². The van der Waals surface area contributed by atoms with E-state index in [9.17, 15) is 5.26 Å². The van der Waals surface area contributed by atoms with E-state index in [-0.39, 0.29) is 18.8 Å². The zero-order valence-corrected chi connectivity index (χ0v) is 15.7. The van der Waals surface area contributed by atoms with Crippen LogP contribution in [0.25, 0.3) is 11.1 Å². The van der Waals surface area contributed by atoms with Crippen LogP contribution in [0, 0.1) is 18.3 Å². The summed E-state index contributed by atoms with van der Waals surface area (Å²) < 4.78 is 6.12. The first kappa shape index (κ1) is 18.4. The number of nitrogens with zero attached hydrogens (tertiary/aromatic N) is 1. The molecule has 1 aliphatic carbocycles. The highest BCUT2D eigenvalue weighted by Gasteiger charge is 2.26. The van der Waals surface area contributed by atoms with Crippen LogP contribution in [0.1, 0.15) is 48.6 Å². The molecule has 2 aromatic carbocycles. The number of nitrogens with one attached hydrogen (secondary N) is 1. The smallest absolute Gasteiger partial charge is 0.130 e. The molecule has 26 heavy (non-hydrogen) atoms. The number of fused-ring (bicyclic) bond motifs is 1. The van der Waals surface area contributed by atoms with E-state index in [4.69, 9.17) is 9.84 Å². The van der Waals surface area contributed by atoms with Crippen molar-refractivity contribution in [1.82, 2.24) is 5.32 Å². The van der Waals surface area contributed by atoms with Gasteiger partial charge in [-0.1, -0.05) is 18.2 Å². The molecule has 3 rings (SSSR count). The SMILES string of the molecule is Cc1cc(C#N)cc(-c2cccc3c2CC[C@@H]3NCCO)c1OC(C)C. The molecule has 2 aromatic rings. The van der Waals surface area contributed by atoms with Gasteiger partial charge in [0.1, 0.15) is 5.75 Å². The number of nitriles is 1. The molecule has 1 aliphatic rings. The van der Waals surface area contributed by atoms with Crippen molar-refractivity contribution < 1.29 is 9.84 Å². The predicted octanol–water partition coefficient (Wildman–Crippen LogP) is 3.89.